The number of aromatic nitrogens is 2. The number of hydrogen-bond donors (Lipinski definition) is 2. The molecule has 2 N–H and O–H groups in total. The number of oxazole rings is 1. The van der Waals surface area contributed by atoms with Gasteiger partial charge in [0.25, 0.3) is 11.9 Å². The van der Waals surface area contributed by atoms with Crippen LogP contribution in [0.2, 0.25) is 0 Å². The fraction of sp³-hybridized carbons (Fsp3) is 0.520. The molecule has 1 aliphatic rings. The number of carbonyl (C=O) groups is 1. The molecule has 1 aromatic carbocycles. The van der Waals surface area contributed by atoms with Crippen molar-refractivity contribution in [3.05, 3.63) is 48.0 Å². The summed E-state index contributed by atoms with van der Waals surface area (Å²) >= 11 is 0. The molecule has 7 nitrogen and oxygen atoms in total. The summed E-state index contributed by atoms with van der Waals surface area (Å²) in [5.74, 6) is 0.0829. The molecule has 0 bridgehead atoms. The number of para-hydroxylation sites is 1. The van der Waals surface area contributed by atoms with Gasteiger partial charge in [0.15, 0.2) is 0 Å². The fourth-order valence-electron chi connectivity index (χ4n) is 4.57. The highest BCUT2D eigenvalue weighted by Crippen LogP contribution is 2.23. The molecule has 0 radical (unpaired) electrons. The van der Waals surface area contributed by atoms with Gasteiger partial charge in [0.05, 0.1) is 6.20 Å². The second kappa shape index (κ2) is 9.77. The van der Waals surface area contributed by atoms with Gasteiger partial charge in [-0.3, -0.25) is 9.69 Å². The van der Waals surface area contributed by atoms with Gasteiger partial charge in [-0.2, -0.15) is 0 Å². The lowest BCUT2D eigenvalue weighted by Crippen LogP contribution is -2.55. The summed E-state index contributed by atoms with van der Waals surface area (Å²) in [5, 5.41) is 4.41. The van der Waals surface area contributed by atoms with Crippen molar-refractivity contribution >= 4 is 22.8 Å². The summed E-state index contributed by atoms with van der Waals surface area (Å²) in [6.07, 6.45) is 7.47. The van der Waals surface area contributed by atoms with Gasteiger partial charge in [0, 0.05) is 48.3 Å². The van der Waals surface area contributed by atoms with Crippen molar-refractivity contribution in [3.8, 4) is 0 Å². The van der Waals surface area contributed by atoms with Crippen LogP contribution in [-0.2, 0) is 6.42 Å². The summed E-state index contributed by atoms with van der Waals surface area (Å²) in [4.78, 5) is 25.2. The maximum atomic E-state index is 13.0. The van der Waals surface area contributed by atoms with Gasteiger partial charge in [0.1, 0.15) is 0 Å². The number of rotatable bonds is 8. The normalized spacial score (nSPS) is 20.6. The number of amides is 1. The molecule has 0 saturated carbocycles. The Kier molecular flexibility index (Phi) is 6.84. The van der Waals surface area contributed by atoms with Crippen molar-refractivity contribution in [2.75, 3.05) is 25.0 Å². The number of H-pyrrole nitrogens is 1. The number of piperazine rings is 1. The number of nitrogens with one attached hydrogen (secondary N) is 2. The Hall–Kier alpha value is -2.80. The van der Waals surface area contributed by atoms with Crippen LogP contribution in [0.1, 0.15) is 56.2 Å². The number of benzene rings is 1. The van der Waals surface area contributed by atoms with Crippen molar-refractivity contribution in [1.29, 1.82) is 0 Å². The molecule has 172 valence electrons. The largest absolute Gasteiger partial charge is 0.418 e. The second-order valence-electron chi connectivity index (χ2n) is 9.15. The highest BCUT2D eigenvalue weighted by molar-refractivity contribution is 5.91. The van der Waals surface area contributed by atoms with E-state index < -0.39 is 0 Å². The Morgan fingerprint density at radius 3 is 2.78 bits per heavy atom. The predicted octanol–water partition coefficient (Wildman–Crippen LogP) is 4.22. The number of carbonyl (C=O) groups excluding carboxylic acids is 1. The van der Waals surface area contributed by atoms with Crippen LogP contribution in [0, 0.1) is 0 Å². The Bertz CT molecular complexity index is 1030. The first-order chi connectivity index (χ1) is 15.5. The van der Waals surface area contributed by atoms with Gasteiger partial charge < -0.3 is 19.6 Å². The Labute approximate surface area is 190 Å². The SMILES string of the molecule is CCCCC(Cc1c[nH]c2ccccc12)NC(=O)c1cnc(N2C[C@@H](C)N(C)[C@@H](C)C2)o1. The minimum absolute atomic E-state index is 0.0406. The lowest BCUT2D eigenvalue weighted by molar-refractivity contribution is 0.0906. The summed E-state index contributed by atoms with van der Waals surface area (Å²) in [7, 11) is 2.14. The Morgan fingerprint density at radius 1 is 1.28 bits per heavy atom. The molecule has 32 heavy (non-hydrogen) atoms. The van der Waals surface area contributed by atoms with E-state index >= 15 is 0 Å². The van der Waals surface area contributed by atoms with Crippen molar-refractivity contribution in [3.63, 3.8) is 0 Å². The first-order valence-corrected chi connectivity index (χ1v) is 11.7. The number of nitrogens with zero attached hydrogens (tertiary/aromatic N) is 3. The fourth-order valence-corrected chi connectivity index (χ4v) is 4.57. The molecule has 0 aliphatic carbocycles. The Balaban J connectivity index is 1.44. The Morgan fingerprint density at radius 2 is 2.03 bits per heavy atom. The molecule has 1 aliphatic heterocycles. The van der Waals surface area contributed by atoms with E-state index in [4.69, 9.17) is 4.42 Å². The van der Waals surface area contributed by atoms with E-state index in [1.807, 2.05) is 6.07 Å². The van der Waals surface area contributed by atoms with Gasteiger partial charge in [0.2, 0.25) is 5.76 Å². The molecule has 1 saturated heterocycles. The number of likely N-dealkylation sites (N-methyl/N-ethyl adjacent to an activating group) is 1. The van der Waals surface area contributed by atoms with Crippen LogP contribution < -0.4 is 10.2 Å². The molecule has 1 fully saturated rings. The maximum Gasteiger partial charge on any atom is 0.298 e. The van der Waals surface area contributed by atoms with Gasteiger partial charge in [-0.15, -0.1) is 0 Å². The zero-order valence-corrected chi connectivity index (χ0v) is 19.6. The van der Waals surface area contributed by atoms with Crippen LogP contribution in [0.3, 0.4) is 0 Å². The molecule has 3 atom stereocenters. The average molecular weight is 438 g/mol. The molecule has 2 aromatic heterocycles. The van der Waals surface area contributed by atoms with Crippen LogP contribution in [0.5, 0.6) is 0 Å². The minimum Gasteiger partial charge on any atom is -0.418 e. The lowest BCUT2D eigenvalue weighted by atomic mass is 10.0. The average Bonchev–Trinajstić information content (AvgIpc) is 3.43. The number of aromatic amines is 1. The van der Waals surface area contributed by atoms with Crippen LogP contribution in [0.15, 0.2) is 41.1 Å². The summed E-state index contributed by atoms with van der Waals surface area (Å²) in [6.45, 7) is 8.24. The zero-order chi connectivity index (χ0) is 22.7. The van der Waals surface area contributed by atoms with E-state index in [-0.39, 0.29) is 17.7 Å². The lowest BCUT2D eigenvalue weighted by Gasteiger charge is -2.41. The number of fused-ring (bicyclic) bond motifs is 1. The summed E-state index contributed by atoms with van der Waals surface area (Å²) in [5.41, 5.74) is 2.35. The number of hydrogen-bond acceptors (Lipinski definition) is 5. The maximum absolute atomic E-state index is 13.0. The van der Waals surface area contributed by atoms with E-state index in [9.17, 15) is 4.79 Å². The highest BCUT2D eigenvalue weighted by Gasteiger charge is 2.29. The predicted molar refractivity (Wildman–Crippen MR) is 128 cm³/mol. The van der Waals surface area contributed by atoms with Crippen molar-refractivity contribution in [2.24, 2.45) is 0 Å². The van der Waals surface area contributed by atoms with E-state index in [0.717, 1.165) is 44.3 Å². The van der Waals surface area contributed by atoms with E-state index in [1.165, 1.54) is 10.9 Å². The smallest absolute Gasteiger partial charge is 0.298 e. The van der Waals surface area contributed by atoms with E-state index in [2.05, 4.69) is 77.3 Å². The molecule has 3 aromatic rings. The monoisotopic (exact) mass is 437 g/mol. The number of anilines is 1. The molecule has 7 heteroatoms. The molecular weight excluding hydrogens is 402 g/mol. The zero-order valence-electron chi connectivity index (χ0n) is 19.6. The van der Waals surface area contributed by atoms with Crippen molar-refractivity contribution < 1.29 is 9.21 Å². The molecule has 0 spiro atoms. The first kappa shape index (κ1) is 22.4. The van der Waals surface area contributed by atoms with Gasteiger partial charge in [-0.05, 0) is 45.4 Å². The van der Waals surface area contributed by atoms with Crippen LogP contribution in [0.25, 0.3) is 10.9 Å². The van der Waals surface area contributed by atoms with Crippen LogP contribution >= 0.6 is 0 Å². The summed E-state index contributed by atoms with van der Waals surface area (Å²) < 4.78 is 5.91. The van der Waals surface area contributed by atoms with E-state index in [0.29, 0.717) is 18.1 Å². The van der Waals surface area contributed by atoms with Gasteiger partial charge in [-0.25, -0.2) is 4.98 Å². The van der Waals surface area contributed by atoms with Crippen LogP contribution in [0.4, 0.5) is 6.01 Å². The van der Waals surface area contributed by atoms with Crippen molar-refractivity contribution in [2.45, 2.75) is 64.6 Å². The third kappa shape index (κ3) is 4.83. The molecule has 3 heterocycles. The standard InChI is InChI=1S/C25H35N5O2/c1-5-6-9-20(12-19-13-26-22-11-8-7-10-21(19)22)28-24(31)23-14-27-25(32-23)30-15-17(2)29(4)18(3)16-30/h7-8,10-11,13-14,17-18,20,26H,5-6,9,12,15-16H2,1-4H3,(H,28,31)/t17-,18+,20?. The molecule has 1 amide bonds. The summed E-state index contributed by atoms with van der Waals surface area (Å²) in [6, 6.07) is 9.66. The molecule has 4 rings (SSSR count). The number of unbranched alkanes of at least 4 members (excludes halogenated alkanes) is 1. The van der Waals surface area contributed by atoms with Crippen LogP contribution in [-0.4, -0.2) is 59.0 Å². The topological polar surface area (TPSA) is 77.4 Å². The minimum atomic E-state index is -0.195. The molecular formula is C25H35N5O2. The van der Waals surface area contributed by atoms with Gasteiger partial charge in [-0.1, -0.05) is 38.0 Å². The first-order valence-electron chi connectivity index (χ1n) is 11.7. The highest BCUT2D eigenvalue weighted by atomic mass is 16.4. The third-order valence-electron chi connectivity index (χ3n) is 6.73. The quantitative estimate of drug-likeness (QED) is 0.552. The van der Waals surface area contributed by atoms with Crippen molar-refractivity contribution in [1.82, 2.24) is 20.2 Å². The van der Waals surface area contributed by atoms with Gasteiger partial charge >= 0.3 is 0 Å². The second-order valence-corrected chi connectivity index (χ2v) is 9.15. The molecule has 1 unspecified atom stereocenters. The third-order valence-corrected chi connectivity index (χ3v) is 6.73. The van der Waals surface area contributed by atoms with E-state index in [1.54, 1.807) is 6.20 Å².